The molecular formula is C52H39NS. The minimum absolute atomic E-state index is 0.134. The van der Waals surface area contributed by atoms with Gasteiger partial charge in [0, 0.05) is 53.3 Å². The maximum Gasteiger partial charge on any atom is 0.0639 e. The van der Waals surface area contributed by atoms with Crippen molar-refractivity contribution in [3.8, 4) is 33.4 Å². The fraction of sp³-hybridized carbons (Fsp3) is 0.115. The molecule has 0 bridgehead atoms. The second-order valence-electron chi connectivity index (χ2n) is 16.1. The highest BCUT2D eigenvalue weighted by Gasteiger charge is 2.38. The summed E-state index contributed by atoms with van der Waals surface area (Å²) in [5, 5.41) is 5.17. The summed E-state index contributed by atoms with van der Waals surface area (Å²) in [4.78, 5) is 2.61. The molecule has 258 valence electrons. The van der Waals surface area contributed by atoms with Gasteiger partial charge in [0.1, 0.15) is 0 Å². The zero-order chi connectivity index (χ0) is 36.3. The Morgan fingerprint density at radius 3 is 1.52 bits per heavy atom. The summed E-state index contributed by atoms with van der Waals surface area (Å²) in [6.07, 6.45) is 0. The average Bonchev–Trinajstić information content (AvgIpc) is 3.79. The van der Waals surface area contributed by atoms with Gasteiger partial charge in [-0.15, -0.1) is 11.3 Å². The van der Waals surface area contributed by atoms with Crippen LogP contribution < -0.4 is 4.90 Å². The van der Waals surface area contributed by atoms with Crippen molar-refractivity contribution < 1.29 is 0 Å². The molecule has 0 amide bonds. The van der Waals surface area contributed by atoms with E-state index in [2.05, 4.69) is 196 Å². The quantitative estimate of drug-likeness (QED) is 0.176. The molecule has 2 aliphatic rings. The Morgan fingerprint density at radius 1 is 0.426 bits per heavy atom. The molecule has 0 radical (unpaired) electrons. The Balaban J connectivity index is 1.29. The van der Waals surface area contributed by atoms with E-state index in [0.717, 1.165) is 0 Å². The maximum absolute atomic E-state index is 2.61. The number of benzene rings is 8. The van der Waals surface area contributed by atoms with Gasteiger partial charge in [-0.2, -0.15) is 0 Å². The second-order valence-corrected chi connectivity index (χ2v) is 17.1. The van der Waals surface area contributed by atoms with Crippen molar-refractivity contribution in [2.75, 3.05) is 4.90 Å². The predicted molar refractivity (Wildman–Crippen MR) is 232 cm³/mol. The van der Waals surface area contributed by atoms with Gasteiger partial charge in [0.15, 0.2) is 0 Å². The summed E-state index contributed by atoms with van der Waals surface area (Å²) in [5.74, 6) is 0. The van der Waals surface area contributed by atoms with Crippen LogP contribution in [0.4, 0.5) is 17.1 Å². The Labute approximate surface area is 320 Å². The van der Waals surface area contributed by atoms with Crippen LogP contribution >= 0.6 is 11.3 Å². The molecule has 1 nitrogen and oxygen atoms in total. The normalized spacial score (nSPS) is 14.6. The molecule has 0 N–H and O–H groups in total. The zero-order valence-corrected chi connectivity index (χ0v) is 31.8. The van der Waals surface area contributed by atoms with Crippen molar-refractivity contribution in [2.24, 2.45) is 0 Å². The van der Waals surface area contributed by atoms with Gasteiger partial charge in [0.25, 0.3) is 0 Å². The minimum atomic E-state index is -0.134. The molecule has 0 spiro atoms. The molecule has 54 heavy (non-hydrogen) atoms. The SMILES string of the molecule is CC1(C)c2ccccc2-c2ccc(N(c3ccc4c(c3)C(C)(C)c3ccccc3-4)c3c(-c4ccccc4)c4ccccc4c4sc5ccccc5c34)cc21. The van der Waals surface area contributed by atoms with Crippen LogP contribution in [-0.4, -0.2) is 0 Å². The summed E-state index contributed by atoms with van der Waals surface area (Å²) in [6.45, 7) is 9.54. The third-order valence-corrected chi connectivity index (χ3v) is 13.7. The summed E-state index contributed by atoms with van der Waals surface area (Å²) >= 11 is 1.91. The summed E-state index contributed by atoms with van der Waals surface area (Å²) < 4.78 is 2.63. The van der Waals surface area contributed by atoms with Crippen molar-refractivity contribution in [1.82, 2.24) is 0 Å². The van der Waals surface area contributed by atoms with Crippen molar-refractivity contribution in [3.05, 3.63) is 186 Å². The maximum atomic E-state index is 2.61. The number of rotatable bonds is 4. The third-order valence-electron chi connectivity index (χ3n) is 12.4. The third kappa shape index (κ3) is 4.26. The smallest absolute Gasteiger partial charge is 0.0639 e. The van der Waals surface area contributed by atoms with E-state index in [-0.39, 0.29) is 10.8 Å². The first-order valence-electron chi connectivity index (χ1n) is 19.0. The van der Waals surface area contributed by atoms with Gasteiger partial charge in [-0.25, -0.2) is 0 Å². The zero-order valence-electron chi connectivity index (χ0n) is 30.9. The molecule has 0 aliphatic heterocycles. The van der Waals surface area contributed by atoms with Crippen molar-refractivity contribution >= 4 is 59.3 Å². The Hall–Kier alpha value is -5.96. The van der Waals surface area contributed by atoms with Crippen LogP contribution in [0.25, 0.3) is 64.3 Å². The predicted octanol–water partition coefficient (Wildman–Crippen LogP) is 15.0. The molecule has 1 heterocycles. The molecule has 9 aromatic rings. The second kappa shape index (κ2) is 11.3. The van der Waals surface area contributed by atoms with Crippen LogP contribution in [0.1, 0.15) is 49.9 Å². The van der Waals surface area contributed by atoms with E-state index in [4.69, 9.17) is 0 Å². The highest BCUT2D eigenvalue weighted by Crippen LogP contribution is 2.57. The lowest BCUT2D eigenvalue weighted by atomic mass is 9.82. The lowest BCUT2D eigenvalue weighted by Gasteiger charge is -2.32. The monoisotopic (exact) mass is 709 g/mol. The van der Waals surface area contributed by atoms with E-state index >= 15 is 0 Å². The van der Waals surface area contributed by atoms with Crippen LogP contribution in [0.3, 0.4) is 0 Å². The highest BCUT2D eigenvalue weighted by atomic mass is 32.1. The van der Waals surface area contributed by atoms with Crippen LogP contribution in [0.15, 0.2) is 164 Å². The first-order valence-corrected chi connectivity index (χ1v) is 19.8. The number of anilines is 3. The average molecular weight is 710 g/mol. The fourth-order valence-corrected chi connectivity index (χ4v) is 11.1. The molecule has 0 unspecified atom stereocenters. The van der Waals surface area contributed by atoms with Gasteiger partial charge in [0.2, 0.25) is 0 Å². The topological polar surface area (TPSA) is 3.24 Å². The van der Waals surface area contributed by atoms with E-state index < -0.39 is 0 Å². The molecule has 11 rings (SSSR count). The van der Waals surface area contributed by atoms with E-state index in [0.29, 0.717) is 0 Å². The van der Waals surface area contributed by atoms with E-state index in [1.54, 1.807) is 0 Å². The van der Waals surface area contributed by atoms with Crippen LogP contribution in [0.2, 0.25) is 0 Å². The molecule has 0 saturated heterocycles. The molecule has 8 aromatic carbocycles. The molecule has 0 fully saturated rings. The molecule has 2 heteroatoms. The molecule has 1 aromatic heterocycles. The fourth-order valence-electron chi connectivity index (χ4n) is 9.81. The van der Waals surface area contributed by atoms with Crippen molar-refractivity contribution in [1.29, 1.82) is 0 Å². The first-order chi connectivity index (χ1) is 26.3. The summed E-state index contributed by atoms with van der Waals surface area (Å²) in [6, 6.07) is 61.5. The largest absolute Gasteiger partial charge is 0.309 e. The lowest BCUT2D eigenvalue weighted by Crippen LogP contribution is -2.18. The number of nitrogens with zero attached hydrogens (tertiary/aromatic N) is 1. The van der Waals surface area contributed by atoms with E-state index in [9.17, 15) is 0 Å². The minimum Gasteiger partial charge on any atom is -0.309 e. The first kappa shape index (κ1) is 31.6. The number of thiophene rings is 1. The van der Waals surface area contributed by atoms with Crippen LogP contribution in [0.5, 0.6) is 0 Å². The van der Waals surface area contributed by atoms with Crippen LogP contribution in [-0.2, 0) is 10.8 Å². The van der Waals surface area contributed by atoms with E-state index in [1.165, 1.54) is 104 Å². The molecule has 0 atom stereocenters. The van der Waals surface area contributed by atoms with Gasteiger partial charge in [-0.1, -0.05) is 161 Å². The molecule has 2 aliphatic carbocycles. The van der Waals surface area contributed by atoms with Gasteiger partial charge >= 0.3 is 0 Å². The van der Waals surface area contributed by atoms with E-state index in [1.807, 2.05) is 11.3 Å². The number of hydrogen-bond donors (Lipinski definition) is 0. The van der Waals surface area contributed by atoms with Crippen molar-refractivity contribution in [2.45, 2.75) is 38.5 Å². The van der Waals surface area contributed by atoms with Crippen LogP contribution in [0, 0.1) is 0 Å². The molecule has 0 saturated carbocycles. The standard InChI is InChI=1S/C52H39NS/c1-51(2)42-23-13-10-18-35(42)37-28-26-33(30-44(37)51)53(34-27-29-38-36-19-11-14-24-43(36)52(3,4)45(38)31-34)49-47(32-16-6-5-7-17-32)39-20-8-9-21-40(39)50-48(49)41-22-12-15-25-46(41)54-50/h5-31H,1-4H3. The Morgan fingerprint density at radius 2 is 0.907 bits per heavy atom. The number of fused-ring (bicyclic) bond motifs is 11. The van der Waals surface area contributed by atoms with Gasteiger partial charge in [-0.3, -0.25) is 0 Å². The Bertz CT molecular complexity index is 2890. The van der Waals surface area contributed by atoms with Crippen molar-refractivity contribution in [3.63, 3.8) is 0 Å². The number of hydrogen-bond acceptors (Lipinski definition) is 2. The lowest BCUT2D eigenvalue weighted by molar-refractivity contribution is 0.660. The van der Waals surface area contributed by atoms with Gasteiger partial charge < -0.3 is 4.90 Å². The van der Waals surface area contributed by atoms with Gasteiger partial charge in [0.05, 0.1) is 5.69 Å². The Kier molecular flexibility index (Phi) is 6.59. The summed E-state index contributed by atoms with van der Waals surface area (Å²) in [5.41, 5.74) is 16.7. The van der Waals surface area contributed by atoms with Gasteiger partial charge in [-0.05, 0) is 85.8 Å². The highest BCUT2D eigenvalue weighted by molar-refractivity contribution is 7.26. The summed E-state index contributed by atoms with van der Waals surface area (Å²) in [7, 11) is 0. The molecular weight excluding hydrogens is 671 g/mol.